The summed E-state index contributed by atoms with van der Waals surface area (Å²) in [7, 11) is 0. The zero-order valence-electron chi connectivity index (χ0n) is 12.7. The summed E-state index contributed by atoms with van der Waals surface area (Å²) in [6.45, 7) is 14.7. The van der Waals surface area contributed by atoms with Crippen LogP contribution in [0.2, 0.25) is 0 Å². The number of phenolic OH excluding ortho intramolecular Hbond substituents is 1. The van der Waals surface area contributed by atoms with Crippen molar-refractivity contribution in [2.24, 2.45) is 5.41 Å². The van der Waals surface area contributed by atoms with Gasteiger partial charge in [-0.05, 0) is 41.4 Å². The van der Waals surface area contributed by atoms with Crippen LogP contribution in [-0.4, -0.2) is 10.2 Å². The fraction of sp³-hybridized carbons (Fsp3) is 0.625. The molecule has 0 atom stereocenters. The van der Waals surface area contributed by atoms with Gasteiger partial charge >= 0.3 is 0 Å². The Labute approximate surface area is 111 Å². The number of hydrogen-bond donors (Lipinski definition) is 2. The maximum absolute atomic E-state index is 10.4. The molecule has 0 unspecified atom stereocenters. The smallest absolute Gasteiger partial charge is 0.122 e. The minimum absolute atomic E-state index is 0.0263. The van der Waals surface area contributed by atoms with Crippen molar-refractivity contribution in [2.45, 2.75) is 60.5 Å². The van der Waals surface area contributed by atoms with Crippen LogP contribution < -0.4 is 0 Å². The normalized spacial score (nSPS) is 12.9. The van der Waals surface area contributed by atoms with E-state index in [0.29, 0.717) is 5.75 Å². The monoisotopic (exact) mass is 250 g/mol. The fourth-order valence-corrected chi connectivity index (χ4v) is 2.14. The van der Waals surface area contributed by atoms with Gasteiger partial charge in [-0.25, -0.2) is 0 Å². The van der Waals surface area contributed by atoms with Gasteiger partial charge in [0.05, 0.1) is 6.61 Å². The summed E-state index contributed by atoms with van der Waals surface area (Å²) in [6.07, 6.45) is 0. The second-order valence-corrected chi connectivity index (χ2v) is 6.73. The molecule has 0 saturated carbocycles. The molecule has 0 aromatic heterocycles. The third-order valence-corrected chi connectivity index (χ3v) is 4.61. The number of rotatable bonds is 2. The van der Waals surface area contributed by atoms with Crippen molar-refractivity contribution >= 4 is 0 Å². The minimum Gasteiger partial charge on any atom is -0.507 e. The lowest BCUT2D eigenvalue weighted by Crippen LogP contribution is -2.34. The van der Waals surface area contributed by atoms with Crippen LogP contribution in [0.15, 0.2) is 6.07 Å². The molecular formula is C16H26O2. The molecule has 2 nitrogen and oxygen atoms in total. The van der Waals surface area contributed by atoms with Gasteiger partial charge in [0.2, 0.25) is 0 Å². The largest absolute Gasteiger partial charge is 0.507 e. The predicted octanol–water partition coefficient (Wildman–Crippen LogP) is 3.83. The average Bonchev–Trinajstić information content (AvgIpc) is 2.22. The molecule has 1 rings (SSSR count). The summed E-state index contributed by atoms with van der Waals surface area (Å²) in [5.41, 5.74) is 3.54. The highest BCUT2D eigenvalue weighted by atomic mass is 16.3. The Bertz CT molecular complexity index is 451. The van der Waals surface area contributed by atoms with Crippen molar-refractivity contribution in [3.63, 3.8) is 0 Å². The number of aliphatic hydroxyl groups excluding tert-OH is 1. The molecular weight excluding hydrogens is 224 g/mol. The first kappa shape index (κ1) is 15.0. The molecule has 18 heavy (non-hydrogen) atoms. The maximum atomic E-state index is 10.4. The number of aromatic hydroxyl groups is 1. The van der Waals surface area contributed by atoms with E-state index >= 15 is 0 Å². The first-order chi connectivity index (χ1) is 8.04. The van der Waals surface area contributed by atoms with E-state index in [1.165, 1.54) is 0 Å². The summed E-state index contributed by atoms with van der Waals surface area (Å²) in [5.74, 6) is 0.324. The third kappa shape index (κ3) is 2.26. The Hall–Kier alpha value is -1.02. The Morgan fingerprint density at radius 3 is 1.94 bits per heavy atom. The molecule has 0 radical (unpaired) electrons. The number of aliphatic hydroxyl groups is 1. The van der Waals surface area contributed by atoms with Gasteiger partial charge in [0.15, 0.2) is 0 Å². The van der Waals surface area contributed by atoms with E-state index in [-0.39, 0.29) is 17.4 Å². The topological polar surface area (TPSA) is 40.5 Å². The summed E-state index contributed by atoms with van der Waals surface area (Å²) >= 11 is 0. The van der Waals surface area contributed by atoms with Gasteiger partial charge in [-0.3, -0.25) is 0 Å². The molecule has 0 aliphatic heterocycles. The lowest BCUT2D eigenvalue weighted by atomic mass is 9.64. The van der Waals surface area contributed by atoms with Crippen molar-refractivity contribution in [3.05, 3.63) is 28.3 Å². The van der Waals surface area contributed by atoms with Crippen molar-refractivity contribution in [1.82, 2.24) is 0 Å². The van der Waals surface area contributed by atoms with Crippen molar-refractivity contribution in [2.75, 3.05) is 0 Å². The minimum atomic E-state index is -0.138. The Kier molecular flexibility index (Phi) is 3.83. The predicted molar refractivity (Wildman–Crippen MR) is 76.0 cm³/mol. The van der Waals surface area contributed by atoms with Crippen molar-refractivity contribution in [3.8, 4) is 5.75 Å². The van der Waals surface area contributed by atoms with Crippen LogP contribution in [0.25, 0.3) is 0 Å². The molecule has 0 heterocycles. The highest BCUT2D eigenvalue weighted by molar-refractivity contribution is 5.51. The summed E-state index contributed by atoms with van der Waals surface area (Å²) in [5, 5.41) is 19.8. The summed E-state index contributed by atoms with van der Waals surface area (Å²) < 4.78 is 0. The second kappa shape index (κ2) is 4.58. The molecule has 0 aliphatic rings. The molecule has 2 N–H and O–H groups in total. The first-order valence-corrected chi connectivity index (χ1v) is 6.47. The number of aryl methyl sites for hydroxylation is 1. The average molecular weight is 250 g/mol. The van der Waals surface area contributed by atoms with Crippen molar-refractivity contribution < 1.29 is 10.2 Å². The molecule has 1 aromatic rings. The molecule has 0 spiro atoms. The van der Waals surface area contributed by atoms with Gasteiger partial charge in [-0.1, -0.05) is 40.7 Å². The molecule has 0 fully saturated rings. The lowest BCUT2D eigenvalue weighted by Gasteiger charge is -2.40. The number of phenols is 1. The van der Waals surface area contributed by atoms with E-state index in [1.54, 1.807) is 0 Å². The van der Waals surface area contributed by atoms with E-state index in [4.69, 9.17) is 0 Å². The van der Waals surface area contributed by atoms with Crippen LogP contribution in [0.1, 0.15) is 56.9 Å². The van der Waals surface area contributed by atoms with Gasteiger partial charge < -0.3 is 10.2 Å². The molecule has 102 valence electrons. The molecule has 0 amide bonds. The molecule has 1 aromatic carbocycles. The van der Waals surface area contributed by atoms with Crippen LogP contribution in [0, 0.1) is 19.3 Å². The molecule has 2 heteroatoms. The maximum Gasteiger partial charge on any atom is 0.122 e. The van der Waals surface area contributed by atoms with E-state index in [0.717, 1.165) is 22.3 Å². The highest BCUT2D eigenvalue weighted by Gasteiger charge is 2.37. The Morgan fingerprint density at radius 2 is 1.56 bits per heavy atom. The third-order valence-electron chi connectivity index (χ3n) is 4.61. The van der Waals surface area contributed by atoms with Crippen LogP contribution in [0.3, 0.4) is 0 Å². The Balaban J connectivity index is 3.54. The van der Waals surface area contributed by atoms with E-state index in [1.807, 2.05) is 19.9 Å². The van der Waals surface area contributed by atoms with Gasteiger partial charge in [-0.2, -0.15) is 0 Å². The van der Waals surface area contributed by atoms with Gasteiger partial charge in [0, 0.05) is 5.56 Å². The van der Waals surface area contributed by atoms with Gasteiger partial charge in [-0.15, -0.1) is 0 Å². The quantitative estimate of drug-likeness (QED) is 0.837. The van der Waals surface area contributed by atoms with Crippen LogP contribution in [0.4, 0.5) is 0 Å². The van der Waals surface area contributed by atoms with Crippen LogP contribution in [-0.2, 0) is 12.0 Å². The zero-order valence-corrected chi connectivity index (χ0v) is 12.7. The van der Waals surface area contributed by atoms with Gasteiger partial charge in [0.1, 0.15) is 5.75 Å². The lowest BCUT2D eigenvalue weighted by molar-refractivity contribution is 0.219. The summed E-state index contributed by atoms with van der Waals surface area (Å²) in [6, 6.07) is 2.01. The fourth-order valence-electron chi connectivity index (χ4n) is 2.14. The second-order valence-electron chi connectivity index (χ2n) is 6.73. The molecule has 0 saturated heterocycles. The summed E-state index contributed by atoms with van der Waals surface area (Å²) in [4.78, 5) is 0. The number of hydrogen-bond acceptors (Lipinski definition) is 2. The van der Waals surface area contributed by atoms with E-state index in [2.05, 4.69) is 34.6 Å². The zero-order chi connectivity index (χ0) is 14.3. The highest BCUT2D eigenvalue weighted by Crippen LogP contribution is 2.46. The molecule has 0 aliphatic carbocycles. The first-order valence-electron chi connectivity index (χ1n) is 6.47. The standard InChI is InChI=1S/C16H26O2/c1-10-8-13(16(6,7)15(3,4)5)14(18)11(2)12(10)9-17/h8,17-18H,9H2,1-7H3. The van der Waals surface area contributed by atoms with Crippen molar-refractivity contribution in [1.29, 1.82) is 0 Å². The SMILES string of the molecule is Cc1cc(C(C)(C)C(C)(C)C)c(O)c(C)c1CO. The molecule has 0 bridgehead atoms. The van der Waals surface area contributed by atoms with E-state index in [9.17, 15) is 10.2 Å². The van der Waals surface area contributed by atoms with Gasteiger partial charge in [0.25, 0.3) is 0 Å². The number of benzene rings is 1. The van der Waals surface area contributed by atoms with Crippen LogP contribution in [0.5, 0.6) is 5.75 Å². The Morgan fingerprint density at radius 1 is 1.06 bits per heavy atom. The van der Waals surface area contributed by atoms with E-state index < -0.39 is 0 Å². The van der Waals surface area contributed by atoms with Crippen LogP contribution >= 0.6 is 0 Å².